The maximum atomic E-state index is 13.5. The number of carbonyl (C=O) groups is 1. The maximum Gasteiger partial charge on any atom is 0.230 e. The summed E-state index contributed by atoms with van der Waals surface area (Å²) >= 11 is 0. The van der Waals surface area contributed by atoms with E-state index in [1.807, 2.05) is 0 Å². The molecule has 1 aromatic heterocycles. The molecule has 0 saturated heterocycles. The minimum Gasteiger partial charge on any atom is -0.376 e. The van der Waals surface area contributed by atoms with Crippen LogP contribution >= 0.6 is 0 Å². The second kappa shape index (κ2) is 5.61. The highest BCUT2D eigenvalue weighted by molar-refractivity contribution is 5.92. The first-order valence-electron chi connectivity index (χ1n) is 6.51. The monoisotopic (exact) mass is 293 g/mol. The van der Waals surface area contributed by atoms with Crippen molar-refractivity contribution in [3.63, 3.8) is 0 Å². The van der Waals surface area contributed by atoms with Crippen molar-refractivity contribution in [3.8, 4) is 0 Å². The maximum absolute atomic E-state index is 13.5. The van der Waals surface area contributed by atoms with Crippen LogP contribution in [0.2, 0.25) is 0 Å². The third kappa shape index (κ3) is 2.78. The smallest absolute Gasteiger partial charge is 0.230 e. The molecule has 3 rings (SSSR count). The molecule has 0 atom stereocenters. The van der Waals surface area contributed by atoms with Crippen LogP contribution in [0, 0.1) is 11.6 Å². The molecule has 0 radical (unpaired) electrons. The van der Waals surface area contributed by atoms with Crippen LogP contribution in [0.4, 0.5) is 14.6 Å². The summed E-state index contributed by atoms with van der Waals surface area (Å²) in [5.74, 6) is -1.65. The molecule has 2 aromatic rings. The van der Waals surface area contributed by atoms with Gasteiger partial charge < -0.3 is 10.1 Å². The summed E-state index contributed by atoms with van der Waals surface area (Å²) in [4.78, 5) is 11.9. The van der Waals surface area contributed by atoms with Crippen LogP contribution < -0.4 is 5.32 Å². The predicted octanol–water partition coefficient (Wildman–Crippen LogP) is 1.94. The molecule has 5 nitrogen and oxygen atoms in total. The summed E-state index contributed by atoms with van der Waals surface area (Å²) in [6, 6.07) is 3.50. The van der Waals surface area contributed by atoms with E-state index in [1.165, 1.54) is 6.07 Å². The Bertz CT molecular complexity index is 665. The lowest BCUT2D eigenvalue weighted by molar-refractivity contribution is -0.115. The molecule has 0 saturated carbocycles. The molecule has 2 heterocycles. The highest BCUT2D eigenvalue weighted by Gasteiger charge is 2.20. The number of aromatic amines is 1. The van der Waals surface area contributed by atoms with E-state index in [9.17, 15) is 13.6 Å². The Kier molecular flexibility index (Phi) is 3.66. The second-order valence-corrected chi connectivity index (χ2v) is 4.76. The number of hydrogen-bond donors (Lipinski definition) is 2. The first-order valence-corrected chi connectivity index (χ1v) is 6.51. The van der Waals surface area contributed by atoms with Crippen molar-refractivity contribution in [2.45, 2.75) is 19.4 Å². The number of ether oxygens (including phenoxy) is 1. The SMILES string of the molecule is O=C(Cc1c(F)cccc1F)Nc1n[nH]c2c1COCC2. The van der Waals surface area contributed by atoms with E-state index in [0.717, 1.165) is 23.4 Å². The number of benzene rings is 1. The number of fused-ring (bicyclic) bond motifs is 1. The number of anilines is 1. The highest BCUT2D eigenvalue weighted by Crippen LogP contribution is 2.22. The topological polar surface area (TPSA) is 67.0 Å². The lowest BCUT2D eigenvalue weighted by Gasteiger charge is -2.12. The zero-order valence-corrected chi connectivity index (χ0v) is 11.1. The Labute approximate surface area is 119 Å². The Morgan fingerprint density at radius 3 is 2.90 bits per heavy atom. The highest BCUT2D eigenvalue weighted by atomic mass is 19.1. The van der Waals surface area contributed by atoms with Crippen molar-refractivity contribution in [1.29, 1.82) is 0 Å². The molecule has 110 valence electrons. The minimum atomic E-state index is -0.738. The zero-order valence-electron chi connectivity index (χ0n) is 11.1. The fraction of sp³-hybridized carbons (Fsp3) is 0.286. The summed E-state index contributed by atoms with van der Waals surface area (Å²) in [7, 11) is 0. The van der Waals surface area contributed by atoms with Gasteiger partial charge >= 0.3 is 0 Å². The normalized spacial score (nSPS) is 13.8. The molecule has 21 heavy (non-hydrogen) atoms. The molecule has 0 spiro atoms. The van der Waals surface area contributed by atoms with Gasteiger partial charge in [-0.1, -0.05) is 6.07 Å². The molecule has 0 bridgehead atoms. The van der Waals surface area contributed by atoms with Gasteiger partial charge in [0.25, 0.3) is 0 Å². The molecule has 0 unspecified atom stereocenters. The lowest BCUT2D eigenvalue weighted by Crippen LogP contribution is -2.18. The van der Waals surface area contributed by atoms with Crippen molar-refractivity contribution in [2.75, 3.05) is 11.9 Å². The fourth-order valence-electron chi connectivity index (χ4n) is 2.25. The Morgan fingerprint density at radius 1 is 1.38 bits per heavy atom. The van der Waals surface area contributed by atoms with Crippen molar-refractivity contribution in [1.82, 2.24) is 10.2 Å². The average molecular weight is 293 g/mol. The third-order valence-corrected chi connectivity index (χ3v) is 3.35. The zero-order chi connectivity index (χ0) is 14.8. The van der Waals surface area contributed by atoms with Gasteiger partial charge in [-0.15, -0.1) is 0 Å². The van der Waals surface area contributed by atoms with E-state index in [4.69, 9.17) is 4.74 Å². The molecule has 7 heteroatoms. The van der Waals surface area contributed by atoms with Gasteiger partial charge in [-0.25, -0.2) is 8.78 Å². The Hall–Kier alpha value is -2.28. The van der Waals surface area contributed by atoms with Gasteiger partial charge in [-0.2, -0.15) is 5.10 Å². The third-order valence-electron chi connectivity index (χ3n) is 3.35. The first-order chi connectivity index (χ1) is 10.1. The predicted molar refractivity (Wildman–Crippen MR) is 70.6 cm³/mol. The number of halogens is 2. The summed E-state index contributed by atoms with van der Waals surface area (Å²) in [5.41, 5.74) is 1.44. The molecular formula is C14H13F2N3O2. The summed E-state index contributed by atoms with van der Waals surface area (Å²) in [6.45, 7) is 0.957. The molecule has 1 amide bonds. The van der Waals surface area contributed by atoms with E-state index in [1.54, 1.807) is 0 Å². The van der Waals surface area contributed by atoms with Crippen LogP contribution in [0.1, 0.15) is 16.8 Å². The molecule has 1 aliphatic rings. The van der Waals surface area contributed by atoms with Crippen LogP contribution in [0.3, 0.4) is 0 Å². The standard InChI is InChI=1S/C14H13F2N3O2/c15-10-2-1-3-11(16)8(10)6-13(20)17-14-9-7-21-5-4-12(9)18-19-14/h1-3H,4-7H2,(H2,17,18,19,20). The van der Waals surface area contributed by atoms with Gasteiger partial charge in [0.05, 0.1) is 19.6 Å². The number of nitrogens with one attached hydrogen (secondary N) is 2. The van der Waals surface area contributed by atoms with Crippen LogP contribution in [0.25, 0.3) is 0 Å². The number of hydrogen-bond acceptors (Lipinski definition) is 3. The molecule has 0 aliphatic carbocycles. The van der Waals surface area contributed by atoms with Crippen LogP contribution in [0.5, 0.6) is 0 Å². The number of rotatable bonds is 3. The van der Waals surface area contributed by atoms with E-state index in [2.05, 4.69) is 15.5 Å². The number of aromatic nitrogens is 2. The molecule has 0 fully saturated rings. The van der Waals surface area contributed by atoms with E-state index >= 15 is 0 Å². The number of nitrogens with zero attached hydrogens (tertiary/aromatic N) is 1. The van der Waals surface area contributed by atoms with Crippen molar-refractivity contribution < 1.29 is 18.3 Å². The molecular weight excluding hydrogens is 280 g/mol. The minimum absolute atomic E-state index is 0.254. The quantitative estimate of drug-likeness (QED) is 0.909. The first kappa shape index (κ1) is 13.7. The summed E-state index contributed by atoms with van der Waals surface area (Å²) in [6.07, 6.45) is 0.307. The number of H-pyrrole nitrogens is 1. The Balaban J connectivity index is 1.74. The largest absolute Gasteiger partial charge is 0.376 e. The lowest BCUT2D eigenvalue weighted by atomic mass is 10.1. The van der Waals surface area contributed by atoms with Crippen molar-refractivity contribution in [3.05, 3.63) is 46.7 Å². The van der Waals surface area contributed by atoms with Gasteiger partial charge in [0.15, 0.2) is 5.82 Å². The number of carbonyl (C=O) groups excluding carboxylic acids is 1. The van der Waals surface area contributed by atoms with Crippen LogP contribution in [-0.2, 0) is 29.0 Å². The van der Waals surface area contributed by atoms with Crippen molar-refractivity contribution in [2.24, 2.45) is 0 Å². The summed E-state index contributed by atoms with van der Waals surface area (Å²) < 4.78 is 32.3. The van der Waals surface area contributed by atoms with Gasteiger partial charge in [0.1, 0.15) is 11.6 Å². The average Bonchev–Trinajstić information content (AvgIpc) is 2.87. The van der Waals surface area contributed by atoms with Crippen molar-refractivity contribution >= 4 is 11.7 Å². The van der Waals surface area contributed by atoms with Gasteiger partial charge in [-0.3, -0.25) is 9.89 Å². The van der Waals surface area contributed by atoms with Crippen LogP contribution in [-0.4, -0.2) is 22.7 Å². The number of amides is 1. The fourth-order valence-corrected chi connectivity index (χ4v) is 2.25. The summed E-state index contributed by atoms with van der Waals surface area (Å²) in [5, 5.41) is 9.38. The van der Waals surface area contributed by atoms with Gasteiger partial charge in [0, 0.05) is 23.2 Å². The van der Waals surface area contributed by atoms with Gasteiger partial charge in [0.2, 0.25) is 5.91 Å². The van der Waals surface area contributed by atoms with Gasteiger partial charge in [-0.05, 0) is 12.1 Å². The molecule has 1 aliphatic heterocycles. The van der Waals surface area contributed by atoms with E-state index < -0.39 is 17.5 Å². The second-order valence-electron chi connectivity index (χ2n) is 4.76. The van der Waals surface area contributed by atoms with E-state index in [-0.39, 0.29) is 12.0 Å². The molecule has 1 aromatic carbocycles. The molecule has 2 N–H and O–H groups in total. The van der Waals surface area contributed by atoms with Crippen LogP contribution in [0.15, 0.2) is 18.2 Å². The van der Waals surface area contributed by atoms with E-state index in [0.29, 0.717) is 25.5 Å². The Morgan fingerprint density at radius 2 is 2.14 bits per heavy atom.